The molecule has 3 aromatic carbocycles. The van der Waals surface area contributed by atoms with E-state index in [1.54, 1.807) is 7.11 Å². The highest BCUT2D eigenvalue weighted by Crippen LogP contribution is 2.46. The molecule has 7 heteroatoms. The minimum absolute atomic E-state index is 0.0171. The molecule has 37 heavy (non-hydrogen) atoms. The smallest absolute Gasteiger partial charge is 0.231 e. The minimum Gasteiger partial charge on any atom is -0.493 e. The SMILES string of the molecule is COc1cc(C2CC(=O)C3=C(C2)Nc2ccccc2NC3c2ccc3c(c2)OCO3)ccc1OC(C)C. The van der Waals surface area contributed by atoms with Gasteiger partial charge < -0.3 is 29.6 Å². The van der Waals surface area contributed by atoms with Gasteiger partial charge in [0, 0.05) is 17.7 Å². The number of ketones is 1. The molecule has 0 saturated carbocycles. The highest BCUT2D eigenvalue weighted by Gasteiger charge is 2.36. The number of hydrogen-bond donors (Lipinski definition) is 2. The molecule has 6 rings (SSSR count). The van der Waals surface area contributed by atoms with Crippen LogP contribution in [-0.2, 0) is 4.79 Å². The lowest BCUT2D eigenvalue weighted by molar-refractivity contribution is -0.116. The third-order valence-corrected chi connectivity index (χ3v) is 7.06. The summed E-state index contributed by atoms with van der Waals surface area (Å²) in [5.41, 5.74) is 5.60. The highest BCUT2D eigenvalue weighted by molar-refractivity contribution is 6.01. The minimum atomic E-state index is -0.314. The van der Waals surface area contributed by atoms with Crippen LogP contribution in [0.3, 0.4) is 0 Å². The van der Waals surface area contributed by atoms with Crippen LogP contribution in [0.1, 0.15) is 49.8 Å². The number of carbonyl (C=O) groups is 1. The summed E-state index contributed by atoms with van der Waals surface area (Å²) in [5.74, 6) is 2.93. The Hall–Kier alpha value is -4.13. The van der Waals surface area contributed by atoms with Crippen LogP contribution in [0.5, 0.6) is 23.0 Å². The zero-order chi connectivity index (χ0) is 25.5. The van der Waals surface area contributed by atoms with E-state index in [0.717, 1.165) is 39.5 Å². The molecule has 2 N–H and O–H groups in total. The summed E-state index contributed by atoms with van der Waals surface area (Å²) >= 11 is 0. The molecule has 0 spiro atoms. The van der Waals surface area contributed by atoms with Crippen LogP contribution in [-0.4, -0.2) is 25.8 Å². The van der Waals surface area contributed by atoms with Crippen molar-refractivity contribution in [3.8, 4) is 23.0 Å². The first-order valence-corrected chi connectivity index (χ1v) is 12.6. The maximum Gasteiger partial charge on any atom is 0.231 e. The number of ether oxygens (including phenoxy) is 4. The first-order valence-electron chi connectivity index (χ1n) is 12.6. The molecule has 0 aromatic heterocycles. The van der Waals surface area contributed by atoms with Gasteiger partial charge >= 0.3 is 0 Å². The van der Waals surface area contributed by atoms with Crippen molar-refractivity contribution in [3.05, 3.63) is 83.1 Å². The van der Waals surface area contributed by atoms with Crippen molar-refractivity contribution < 1.29 is 23.7 Å². The van der Waals surface area contributed by atoms with E-state index in [2.05, 4.69) is 10.6 Å². The fourth-order valence-electron chi connectivity index (χ4n) is 5.36. The first-order chi connectivity index (χ1) is 18.0. The molecular weight excluding hydrogens is 468 g/mol. The topological polar surface area (TPSA) is 78.1 Å². The van der Waals surface area contributed by atoms with E-state index < -0.39 is 0 Å². The molecule has 0 amide bonds. The van der Waals surface area contributed by atoms with Gasteiger partial charge in [0.05, 0.1) is 30.6 Å². The molecule has 0 fully saturated rings. The van der Waals surface area contributed by atoms with E-state index in [4.69, 9.17) is 18.9 Å². The van der Waals surface area contributed by atoms with Gasteiger partial charge in [-0.2, -0.15) is 0 Å². The first kappa shape index (κ1) is 23.3. The van der Waals surface area contributed by atoms with Crippen molar-refractivity contribution in [2.75, 3.05) is 24.5 Å². The molecule has 3 aromatic rings. The normalized spacial score (nSPS) is 19.9. The Kier molecular flexibility index (Phi) is 5.91. The van der Waals surface area contributed by atoms with Gasteiger partial charge in [-0.1, -0.05) is 24.3 Å². The molecule has 0 saturated heterocycles. The van der Waals surface area contributed by atoms with Crippen molar-refractivity contribution in [1.82, 2.24) is 0 Å². The number of benzene rings is 3. The van der Waals surface area contributed by atoms with E-state index >= 15 is 0 Å². The van der Waals surface area contributed by atoms with Gasteiger partial charge in [0.25, 0.3) is 0 Å². The Morgan fingerprint density at radius 2 is 1.68 bits per heavy atom. The van der Waals surface area contributed by atoms with Crippen LogP contribution >= 0.6 is 0 Å². The third-order valence-electron chi connectivity index (χ3n) is 7.06. The van der Waals surface area contributed by atoms with E-state index in [0.29, 0.717) is 30.1 Å². The summed E-state index contributed by atoms with van der Waals surface area (Å²) < 4.78 is 22.7. The Bertz CT molecular complexity index is 1400. The Labute approximate surface area is 216 Å². The summed E-state index contributed by atoms with van der Waals surface area (Å²) in [4.78, 5) is 13.9. The van der Waals surface area contributed by atoms with Crippen LogP contribution in [0.15, 0.2) is 71.9 Å². The number of carbonyl (C=O) groups excluding carboxylic acids is 1. The number of allylic oxidation sites excluding steroid dienone is 1. The Morgan fingerprint density at radius 1 is 0.892 bits per heavy atom. The summed E-state index contributed by atoms with van der Waals surface area (Å²) in [7, 11) is 1.64. The van der Waals surface area contributed by atoms with Crippen LogP contribution in [0.4, 0.5) is 11.4 Å². The van der Waals surface area contributed by atoms with E-state index in [-0.39, 0.29) is 30.6 Å². The lowest BCUT2D eigenvalue weighted by Gasteiger charge is -2.30. The molecule has 7 nitrogen and oxygen atoms in total. The Morgan fingerprint density at radius 3 is 2.49 bits per heavy atom. The number of methoxy groups -OCH3 is 1. The van der Waals surface area contributed by atoms with Gasteiger partial charge in [0.1, 0.15) is 0 Å². The molecule has 0 radical (unpaired) electrons. The maximum absolute atomic E-state index is 13.9. The molecule has 2 atom stereocenters. The van der Waals surface area contributed by atoms with E-state index in [9.17, 15) is 4.79 Å². The Balaban J connectivity index is 1.39. The van der Waals surface area contributed by atoms with Crippen molar-refractivity contribution in [1.29, 1.82) is 0 Å². The molecular formula is C30H30N2O5. The molecule has 190 valence electrons. The van der Waals surface area contributed by atoms with Gasteiger partial charge in [0.15, 0.2) is 28.8 Å². The molecule has 2 heterocycles. The lowest BCUT2D eigenvalue weighted by Crippen LogP contribution is -2.26. The molecule has 2 unspecified atom stereocenters. The molecule has 3 aliphatic rings. The third kappa shape index (κ3) is 4.35. The van der Waals surface area contributed by atoms with Gasteiger partial charge in [-0.25, -0.2) is 0 Å². The highest BCUT2D eigenvalue weighted by atomic mass is 16.7. The second-order valence-corrected chi connectivity index (χ2v) is 9.86. The van der Waals surface area contributed by atoms with Crippen LogP contribution in [0, 0.1) is 0 Å². The number of Topliss-reactive ketones (excluding diaryl/α,β-unsaturated/α-hetero) is 1. The average molecular weight is 499 g/mol. The van der Waals surface area contributed by atoms with Crippen LogP contribution in [0.25, 0.3) is 0 Å². The second-order valence-electron chi connectivity index (χ2n) is 9.86. The van der Waals surface area contributed by atoms with Crippen molar-refractivity contribution in [3.63, 3.8) is 0 Å². The largest absolute Gasteiger partial charge is 0.493 e. The molecule has 1 aliphatic carbocycles. The zero-order valence-electron chi connectivity index (χ0n) is 21.2. The van der Waals surface area contributed by atoms with Crippen LogP contribution in [0.2, 0.25) is 0 Å². The zero-order valence-corrected chi connectivity index (χ0v) is 21.2. The predicted molar refractivity (Wildman–Crippen MR) is 142 cm³/mol. The summed E-state index contributed by atoms with van der Waals surface area (Å²) in [6.45, 7) is 4.18. The number of para-hydroxylation sites is 2. The predicted octanol–water partition coefficient (Wildman–Crippen LogP) is 6.19. The van der Waals surface area contributed by atoms with Crippen molar-refractivity contribution in [2.45, 2.75) is 44.8 Å². The standard InChI is InChI=1S/C30H30N2O5/c1-17(2)37-26-11-8-18(14-27(26)34-3)20-12-23-29(24(33)13-20)30(32-22-7-5-4-6-21(22)31-23)19-9-10-25-28(15-19)36-16-35-25/h4-11,14-15,17,20,30-32H,12-13,16H2,1-3H3. The molecule has 2 aliphatic heterocycles. The lowest BCUT2D eigenvalue weighted by atomic mass is 9.78. The average Bonchev–Trinajstić information content (AvgIpc) is 3.29. The summed E-state index contributed by atoms with van der Waals surface area (Å²) in [6, 6.07) is 19.6. The monoisotopic (exact) mass is 498 g/mol. The number of anilines is 2. The van der Waals surface area contributed by atoms with Crippen molar-refractivity contribution in [2.24, 2.45) is 0 Å². The maximum atomic E-state index is 13.9. The number of hydrogen-bond acceptors (Lipinski definition) is 7. The van der Waals surface area contributed by atoms with Gasteiger partial charge in [-0.05, 0) is 73.7 Å². The molecule has 0 bridgehead atoms. The van der Waals surface area contributed by atoms with Gasteiger partial charge in [-0.3, -0.25) is 4.79 Å². The fraction of sp³-hybridized carbons (Fsp3) is 0.300. The van der Waals surface area contributed by atoms with Gasteiger partial charge in [0.2, 0.25) is 6.79 Å². The second kappa shape index (κ2) is 9.39. The fourth-order valence-corrected chi connectivity index (χ4v) is 5.36. The van der Waals surface area contributed by atoms with E-state index in [1.807, 2.05) is 74.5 Å². The number of fused-ring (bicyclic) bond motifs is 2. The van der Waals surface area contributed by atoms with Crippen LogP contribution < -0.4 is 29.6 Å². The van der Waals surface area contributed by atoms with Gasteiger partial charge in [-0.15, -0.1) is 0 Å². The summed E-state index contributed by atoms with van der Waals surface area (Å²) in [6.07, 6.45) is 1.15. The van der Waals surface area contributed by atoms with Crippen molar-refractivity contribution >= 4 is 17.2 Å². The number of rotatable bonds is 5. The quantitative estimate of drug-likeness (QED) is 0.434. The summed E-state index contributed by atoms with van der Waals surface area (Å²) in [5, 5.41) is 7.22. The van der Waals surface area contributed by atoms with E-state index in [1.165, 1.54) is 0 Å². The number of nitrogens with one attached hydrogen (secondary N) is 2.